The molecule has 7 nitrogen and oxygen atoms in total. The molecule has 7 heteroatoms. The summed E-state index contributed by atoms with van der Waals surface area (Å²) in [6.07, 6.45) is 0.860. The lowest BCUT2D eigenvalue weighted by atomic mass is 10.0. The predicted molar refractivity (Wildman–Crippen MR) is 70.6 cm³/mol. The quantitative estimate of drug-likeness (QED) is 0.723. The molecule has 1 rings (SSSR count). The lowest BCUT2D eigenvalue weighted by Gasteiger charge is -2.15. The zero-order chi connectivity index (χ0) is 13.9. The zero-order valence-electron chi connectivity index (χ0n) is 11.3. The molecule has 0 fully saturated rings. The van der Waals surface area contributed by atoms with E-state index in [4.69, 9.17) is 5.73 Å². The normalized spacial score (nSPS) is 12.8. The number of nitrogens with two attached hydrogens (primary N) is 1. The summed E-state index contributed by atoms with van der Waals surface area (Å²) in [5, 5.41) is 6.79. The minimum atomic E-state index is -0.447. The molecule has 102 valence electrons. The summed E-state index contributed by atoms with van der Waals surface area (Å²) in [6.45, 7) is 4.63. The van der Waals surface area contributed by atoms with Crippen LogP contribution in [0.5, 0.6) is 0 Å². The highest BCUT2D eigenvalue weighted by molar-refractivity contribution is 5.29. The van der Waals surface area contributed by atoms with E-state index in [1.54, 1.807) is 0 Å². The molecule has 18 heavy (non-hydrogen) atoms. The molecule has 1 aromatic heterocycles. The number of rotatable bonds is 5. The first-order chi connectivity index (χ1) is 8.32. The summed E-state index contributed by atoms with van der Waals surface area (Å²) in [5.74, 6) is 0.650. The van der Waals surface area contributed by atoms with E-state index < -0.39 is 11.2 Å². The van der Waals surface area contributed by atoms with Crippen molar-refractivity contribution in [1.82, 2.24) is 14.3 Å². The summed E-state index contributed by atoms with van der Waals surface area (Å²) in [6, 6.07) is -0.0475. The molecule has 1 aromatic rings. The molecular formula is C11H21N5O2. The zero-order valence-corrected chi connectivity index (χ0v) is 11.3. The van der Waals surface area contributed by atoms with Gasteiger partial charge >= 0.3 is 5.69 Å². The van der Waals surface area contributed by atoms with Crippen LogP contribution in [-0.2, 0) is 14.1 Å². The third kappa shape index (κ3) is 3.43. The van der Waals surface area contributed by atoms with E-state index >= 15 is 0 Å². The van der Waals surface area contributed by atoms with Gasteiger partial charge in [-0.2, -0.15) is 0 Å². The lowest BCUT2D eigenvalue weighted by molar-refractivity contribution is 0.506. The third-order valence-electron chi connectivity index (χ3n) is 2.63. The smallest absolute Gasteiger partial charge is 0.346 e. The van der Waals surface area contributed by atoms with E-state index in [1.165, 1.54) is 14.1 Å². The maximum atomic E-state index is 11.8. The van der Waals surface area contributed by atoms with Crippen LogP contribution in [0, 0.1) is 5.92 Å². The van der Waals surface area contributed by atoms with E-state index in [2.05, 4.69) is 24.3 Å². The molecule has 0 amide bonds. The molecule has 0 aromatic carbocycles. The number of hydrogen-bond acceptors (Lipinski definition) is 5. The average Bonchev–Trinajstić information content (AvgIpc) is 2.28. The SMILES string of the molecule is CC(C)CC(N)CNc1nn(C)c(=O)n(C)c1=O. The maximum absolute atomic E-state index is 11.8. The van der Waals surface area contributed by atoms with Gasteiger partial charge in [0.1, 0.15) is 0 Å². The van der Waals surface area contributed by atoms with E-state index in [1.807, 2.05) is 0 Å². The minimum absolute atomic E-state index is 0.0475. The largest absolute Gasteiger partial charge is 0.362 e. The number of aryl methyl sites for hydroxylation is 1. The van der Waals surface area contributed by atoms with Gasteiger partial charge in [-0.1, -0.05) is 13.8 Å². The highest BCUT2D eigenvalue weighted by Gasteiger charge is 2.10. The van der Waals surface area contributed by atoms with Crippen LogP contribution in [0.1, 0.15) is 20.3 Å². The van der Waals surface area contributed by atoms with Crippen LogP contribution in [-0.4, -0.2) is 26.9 Å². The molecule has 0 saturated carbocycles. The Kier molecular flexibility index (Phi) is 4.66. The van der Waals surface area contributed by atoms with Gasteiger partial charge in [0, 0.05) is 26.7 Å². The number of anilines is 1. The molecule has 0 aliphatic heterocycles. The Labute approximate surface area is 106 Å². The highest BCUT2D eigenvalue weighted by Crippen LogP contribution is 2.02. The topological polar surface area (TPSA) is 94.9 Å². The van der Waals surface area contributed by atoms with Crippen molar-refractivity contribution in [2.75, 3.05) is 11.9 Å². The van der Waals surface area contributed by atoms with E-state index in [9.17, 15) is 9.59 Å². The second-order valence-electron chi connectivity index (χ2n) is 4.89. The molecule has 0 saturated heterocycles. The molecule has 0 aliphatic carbocycles. The second-order valence-corrected chi connectivity index (χ2v) is 4.89. The third-order valence-corrected chi connectivity index (χ3v) is 2.63. The Morgan fingerprint density at radius 1 is 1.33 bits per heavy atom. The van der Waals surface area contributed by atoms with Gasteiger partial charge in [0.05, 0.1) is 0 Å². The first-order valence-electron chi connectivity index (χ1n) is 5.96. The summed E-state index contributed by atoms with van der Waals surface area (Å²) < 4.78 is 2.14. The van der Waals surface area contributed by atoms with Gasteiger partial charge in [0.2, 0.25) is 5.82 Å². The lowest BCUT2D eigenvalue weighted by Crippen LogP contribution is -2.41. The summed E-state index contributed by atoms with van der Waals surface area (Å²) in [5.41, 5.74) is 5.03. The maximum Gasteiger partial charge on any atom is 0.346 e. The van der Waals surface area contributed by atoms with Crippen LogP contribution in [0.4, 0.5) is 5.82 Å². The van der Waals surface area contributed by atoms with Crippen LogP contribution >= 0.6 is 0 Å². The first-order valence-corrected chi connectivity index (χ1v) is 5.96. The van der Waals surface area contributed by atoms with E-state index in [0.29, 0.717) is 12.5 Å². The van der Waals surface area contributed by atoms with Gasteiger partial charge in [-0.3, -0.25) is 9.36 Å². The molecule has 3 N–H and O–H groups in total. The Bertz CT molecular complexity index is 517. The van der Waals surface area contributed by atoms with Crippen molar-refractivity contribution in [3.63, 3.8) is 0 Å². The second kappa shape index (κ2) is 5.81. The standard InChI is InChI=1S/C11H21N5O2/c1-7(2)5-8(12)6-13-9-10(17)15(3)11(18)16(4)14-9/h7-8H,5-6,12H2,1-4H3,(H,13,14). The van der Waals surface area contributed by atoms with Gasteiger partial charge < -0.3 is 11.1 Å². The molecule has 1 unspecified atom stereocenters. The van der Waals surface area contributed by atoms with Crippen LogP contribution < -0.4 is 22.3 Å². The highest BCUT2D eigenvalue weighted by atomic mass is 16.2. The number of hydrogen-bond donors (Lipinski definition) is 2. The molecule has 0 aliphatic rings. The van der Waals surface area contributed by atoms with Gasteiger partial charge in [0.25, 0.3) is 5.56 Å². The van der Waals surface area contributed by atoms with Crippen LogP contribution in [0.3, 0.4) is 0 Å². The van der Waals surface area contributed by atoms with Crippen LogP contribution in [0.15, 0.2) is 9.59 Å². The van der Waals surface area contributed by atoms with Gasteiger partial charge in [-0.15, -0.1) is 5.10 Å². The fourth-order valence-corrected chi connectivity index (χ4v) is 1.73. The molecule has 0 radical (unpaired) electrons. The fraction of sp³-hybridized carbons (Fsp3) is 0.727. The van der Waals surface area contributed by atoms with Crippen molar-refractivity contribution in [3.8, 4) is 0 Å². The molecule has 0 bridgehead atoms. The van der Waals surface area contributed by atoms with Crippen molar-refractivity contribution in [2.45, 2.75) is 26.3 Å². The Morgan fingerprint density at radius 3 is 2.50 bits per heavy atom. The van der Waals surface area contributed by atoms with Gasteiger partial charge in [-0.05, 0) is 12.3 Å². The van der Waals surface area contributed by atoms with Crippen molar-refractivity contribution >= 4 is 5.82 Å². The van der Waals surface area contributed by atoms with Gasteiger partial charge in [-0.25, -0.2) is 9.48 Å². The van der Waals surface area contributed by atoms with E-state index in [-0.39, 0.29) is 11.9 Å². The van der Waals surface area contributed by atoms with Crippen LogP contribution in [0.2, 0.25) is 0 Å². The molecule has 1 atom stereocenters. The monoisotopic (exact) mass is 255 g/mol. The van der Waals surface area contributed by atoms with Gasteiger partial charge in [0.15, 0.2) is 0 Å². The molecular weight excluding hydrogens is 234 g/mol. The van der Waals surface area contributed by atoms with Crippen molar-refractivity contribution < 1.29 is 0 Å². The summed E-state index contributed by atoms with van der Waals surface area (Å²) in [4.78, 5) is 23.2. The Morgan fingerprint density at radius 2 is 1.94 bits per heavy atom. The van der Waals surface area contributed by atoms with Crippen LogP contribution in [0.25, 0.3) is 0 Å². The van der Waals surface area contributed by atoms with Crippen molar-refractivity contribution in [3.05, 3.63) is 20.8 Å². The Balaban J connectivity index is 2.81. The predicted octanol–water partition coefficient (Wildman–Crippen LogP) is -0.736. The fourth-order valence-electron chi connectivity index (χ4n) is 1.73. The van der Waals surface area contributed by atoms with Crippen molar-refractivity contribution in [1.29, 1.82) is 0 Å². The van der Waals surface area contributed by atoms with E-state index in [0.717, 1.165) is 15.7 Å². The summed E-state index contributed by atoms with van der Waals surface area (Å²) in [7, 11) is 2.92. The summed E-state index contributed by atoms with van der Waals surface area (Å²) >= 11 is 0. The number of nitrogens with zero attached hydrogens (tertiary/aromatic N) is 3. The Hall–Kier alpha value is -1.63. The molecule has 0 spiro atoms. The van der Waals surface area contributed by atoms with Crippen molar-refractivity contribution in [2.24, 2.45) is 25.7 Å². The number of nitrogens with one attached hydrogen (secondary N) is 1. The molecule has 1 heterocycles. The average molecular weight is 255 g/mol. The first kappa shape index (κ1) is 14.4. The minimum Gasteiger partial charge on any atom is -0.362 e. The number of aromatic nitrogens is 3.